The molecule has 6 heteroatoms. The smallest absolute Gasteiger partial charge is 0.335 e. The summed E-state index contributed by atoms with van der Waals surface area (Å²) in [6.45, 7) is 10.9. The van der Waals surface area contributed by atoms with Gasteiger partial charge in [-0.05, 0) is 41.8 Å². The first-order chi connectivity index (χ1) is 17.2. The molecule has 0 bridgehead atoms. The Morgan fingerprint density at radius 2 is 1.64 bits per heavy atom. The molecule has 36 heavy (non-hydrogen) atoms. The molecule has 1 fully saturated rings. The molecule has 0 radical (unpaired) electrons. The van der Waals surface area contributed by atoms with E-state index >= 15 is 0 Å². The van der Waals surface area contributed by atoms with E-state index in [9.17, 15) is 14.7 Å². The number of para-hydroxylation sites is 1. The number of hydrogen-bond donors (Lipinski definition) is 1. The first kappa shape index (κ1) is 24.3. The lowest BCUT2D eigenvalue weighted by atomic mass is 9.58. The number of allylic oxidation sites excluding steroid dienone is 2. The van der Waals surface area contributed by atoms with Crippen molar-refractivity contribution in [3.63, 3.8) is 0 Å². The number of hydrogen-bond acceptors (Lipinski definition) is 4. The normalized spacial score (nSPS) is 23.4. The minimum atomic E-state index is -0.916. The van der Waals surface area contributed by atoms with E-state index in [4.69, 9.17) is 4.74 Å². The summed E-state index contributed by atoms with van der Waals surface area (Å²) in [7, 11) is 0. The number of carbonyl (C=O) groups is 2. The van der Waals surface area contributed by atoms with Gasteiger partial charge in [-0.3, -0.25) is 4.79 Å². The molecule has 2 aromatic carbocycles. The van der Waals surface area contributed by atoms with Crippen molar-refractivity contribution in [2.24, 2.45) is 10.8 Å². The van der Waals surface area contributed by atoms with Crippen molar-refractivity contribution in [3.8, 4) is 0 Å². The lowest BCUT2D eigenvalue weighted by Gasteiger charge is -2.50. The van der Waals surface area contributed by atoms with Crippen molar-refractivity contribution in [1.82, 2.24) is 4.90 Å². The van der Waals surface area contributed by atoms with Gasteiger partial charge in [0.05, 0.1) is 24.3 Å². The Balaban J connectivity index is 1.41. The summed E-state index contributed by atoms with van der Waals surface area (Å²) in [6, 6.07) is 15.1. The molecule has 1 N–H and O–H groups in total. The third kappa shape index (κ3) is 4.24. The molecule has 1 saturated heterocycles. The fraction of sp³-hybridized carbons (Fsp3) is 0.400. The quantitative estimate of drug-likeness (QED) is 0.607. The molecule has 1 atom stereocenters. The Bertz CT molecular complexity index is 1240. The number of ether oxygens (including phenoxy) is 1. The molecule has 1 aliphatic carbocycles. The molecular weight excluding hydrogens is 452 g/mol. The maximum Gasteiger partial charge on any atom is 0.335 e. The van der Waals surface area contributed by atoms with E-state index in [2.05, 4.69) is 37.8 Å². The Hall–Kier alpha value is -3.38. The Morgan fingerprint density at radius 1 is 0.944 bits per heavy atom. The largest absolute Gasteiger partial charge is 0.478 e. The van der Waals surface area contributed by atoms with Gasteiger partial charge in [0.2, 0.25) is 0 Å². The summed E-state index contributed by atoms with van der Waals surface area (Å²) in [4.78, 5) is 29.3. The minimum Gasteiger partial charge on any atom is -0.478 e. The third-order valence-electron chi connectivity index (χ3n) is 8.03. The molecule has 0 aromatic heterocycles. The van der Waals surface area contributed by atoms with E-state index in [0.717, 1.165) is 36.3 Å². The molecule has 2 heterocycles. The maximum absolute atomic E-state index is 13.8. The van der Waals surface area contributed by atoms with Gasteiger partial charge < -0.3 is 19.6 Å². The molecule has 5 rings (SSSR count). The molecule has 188 valence electrons. The maximum atomic E-state index is 13.8. The van der Waals surface area contributed by atoms with Crippen LogP contribution in [-0.4, -0.2) is 61.3 Å². The average Bonchev–Trinajstić information content (AvgIpc) is 2.88. The first-order valence-electron chi connectivity index (χ1n) is 12.7. The van der Waals surface area contributed by atoms with Crippen LogP contribution in [0.5, 0.6) is 0 Å². The van der Waals surface area contributed by atoms with Crippen LogP contribution in [0.3, 0.4) is 0 Å². The number of carboxylic acid groups (broad SMARTS) is 1. The molecule has 2 aromatic rings. The SMILES string of the molecule is CC1(C)C(c2ccc(C(=O)O)cc2)=CC[C@]2(C)CN(C(=O)c3ccccc3N3CCOCC3)CC=C12. The second-order valence-corrected chi connectivity index (χ2v) is 10.8. The first-order valence-corrected chi connectivity index (χ1v) is 12.7. The van der Waals surface area contributed by atoms with Crippen LogP contribution in [0, 0.1) is 10.8 Å². The fourth-order valence-corrected chi connectivity index (χ4v) is 6.26. The van der Waals surface area contributed by atoms with Gasteiger partial charge in [-0.2, -0.15) is 0 Å². The van der Waals surface area contributed by atoms with Crippen LogP contribution in [0.4, 0.5) is 5.69 Å². The molecule has 0 unspecified atom stereocenters. The van der Waals surface area contributed by atoms with Crippen LogP contribution in [0.25, 0.3) is 5.57 Å². The highest BCUT2D eigenvalue weighted by Gasteiger charge is 2.46. The highest BCUT2D eigenvalue weighted by Crippen LogP contribution is 2.55. The lowest BCUT2D eigenvalue weighted by molar-refractivity contribution is 0.0678. The van der Waals surface area contributed by atoms with E-state index in [-0.39, 0.29) is 16.7 Å². The van der Waals surface area contributed by atoms with Gasteiger partial charge in [-0.15, -0.1) is 0 Å². The predicted molar refractivity (Wildman–Crippen MR) is 141 cm³/mol. The van der Waals surface area contributed by atoms with Gasteiger partial charge in [-0.1, -0.05) is 62.8 Å². The van der Waals surface area contributed by atoms with Crippen molar-refractivity contribution in [2.75, 3.05) is 44.3 Å². The Morgan fingerprint density at radius 3 is 2.33 bits per heavy atom. The van der Waals surface area contributed by atoms with Crippen LogP contribution in [0.15, 0.2) is 66.3 Å². The number of carbonyl (C=O) groups excluding carboxylic acids is 1. The second kappa shape index (κ2) is 9.25. The van der Waals surface area contributed by atoms with Crippen LogP contribution in [-0.2, 0) is 4.74 Å². The van der Waals surface area contributed by atoms with Crippen LogP contribution in [0.1, 0.15) is 53.5 Å². The zero-order chi connectivity index (χ0) is 25.5. The van der Waals surface area contributed by atoms with Crippen LogP contribution in [0.2, 0.25) is 0 Å². The number of anilines is 1. The number of benzene rings is 2. The van der Waals surface area contributed by atoms with Gasteiger partial charge in [-0.25, -0.2) is 4.79 Å². The summed E-state index contributed by atoms with van der Waals surface area (Å²) in [6.07, 6.45) is 5.35. The highest BCUT2D eigenvalue weighted by molar-refractivity contribution is 6.00. The zero-order valence-corrected chi connectivity index (χ0v) is 21.3. The summed E-state index contributed by atoms with van der Waals surface area (Å²) < 4.78 is 5.51. The topological polar surface area (TPSA) is 70.1 Å². The summed E-state index contributed by atoms with van der Waals surface area (Å²) in [5, 5.41) is 9.26. The summed E-state index contributed by atoms with van der Waals surface area (Å²) in [5.74, 6) is -0.841. The standard InChI is InChI=1S/C30H34N2O4/c1-29(2)24(21-8-10-22(11-9-21)28(34)35)12-14-30(3)20-32(15-13-26(29)30)27(33)23-6-4-5-7-25(23)31-16-18-36-19-17-31/h4-13H,14-20H2,1-3H3,(H,34,35)/t30-/m1/s1. The average molecular weight is 487 g/mol. The number of aromatic carboxylic acids is 1. The van der Waals surface area contributed by atoms with Crippen molar-refractivity contribution in [1.29, 1.82) is 0 Å². The fourth-order valence-electron chi connectivity index (χ4n) is 6.26. The van der Waals surface area contributed by atoms with E-state index in [1.807, 2.05) is 41.3 Å². The molecule has 1 amide bonds. The Labute approximate surface area is 212 Å². The van der Waals surface area contributed by atoms with E-state index in [1.165, 1.54) is 11.1 Å². The summed E-state index contributed by atoms with van der Waals surface area (Å²) >= 11 is 0. The second-order valence-electron chi connectivity index (χ2n) is 10.8. The van der Waals surface area contributed by atoms with Gasteiger partial charge in [0.15, 0.2) is 0 Å². The highest BCUT2D eigenvalue weighted by atomic mass is 16.5. The van der Waals surface area contributed by atoms with E-state index in [1.54, 1.807) is 12.1 Å². The predicted octanol–water partition coefficient (Wildman–Crippen LogP) is 5.12. The number of rotatable bonds is 4. The van der Waals surface area contributed by atoms with Gasteiger partial charge >= 0.3 is 5.97 Å². The van der Waals surface area contributed by atoms with Gasteiger partial charge in [0.25, 0.3) is 5.91 Å². The number of carboxylic acids is 1. The number of amides is 1. The molecule has 0 spiro atoms. The van der Waals surface area contributed by atoms with Crippen LogP contribution >= 0.6 is 0 Å². The van der Waals surface area contributed by atoms with Crippen LogP contribution < -0.4 is 4.90 Å². The molecule has 6 nitrogen and oxygen atoms in total. The number of morpholine rings is 1. The summed E-state index contributed by atoms with van der Waals surface area (Å²) in [5.41, 5.74) is 5.26. The number of fused-ring (bicyclic) bond motifs is 1. The minimum absolute atomic E-state index is 0.0745. The molecule has 0 saturated carbocycles. The van der Waals surface area contributed by atoms with Crippen molar-refractivity contribution in [3.05, 3.63) is 82.9 Å². The van der Waals surface area contributed by atoms with E-state index < -0.39 is 5.97 Å². The van der Waals surface area contributed by atoms with Crippen molar-refractivity contribution < 1.29 is 19.4 Å². The number of nitrogens with zero attached hydrogens (tertiary/aromatic N) is 2. The van der Waals surface area contributed by atoms with Gasteiger partial charge in [0, 0.05) is 42.7 Å². The third-order valence-corrected chi connectivity index (χ3v) is 8.03. The zero-order valence-electron chi connectivity index (χ0n) is 21.3. The lowest BCUT2D eigenvalue weighted by Crippen LogP contribution is -2.49. The molecule has 2 aliphatic heterocycles. The van der Waals surface area contributed by atoms with Crippen molar-refractivity contribution >= 4 is 23.1 Å². The monoisotopic (exact) mass is 486 g/mol. The molecular formula is C30H34N2O4. The van der Waals surface area contributed by atoms with Crippen molar-refractivity contribution in [2.45, 2.75) is 27.2 Å². The van der Waals surface area contributed by atoms with E-state index in [0.29, 0.717) is 31.9 Å². The molecule has 3 aliphatic rings. The van der Waals surface area contributed by atoms with Gasteiger partial charge in [0.1, 0.15) is 0 Å². The Kier molecular flexibility index (Phi) is 6.25.